The monoisotopic (exact) mass is 255 g/mol. The van der Waals surface area contributed by atoms with E-state index in [-0.39, 0.29) is 5.91 Å². The zero-order chi connectivity index (χ0) is 13.5. The summed E-state index contributed by atoms with van der Waals surface area (Å²) in [7, 11) is 0. The molecule has 0 saturated carbocycles. The molecule has 0 bridgehead atoms. The Bertz CT molecular complexity index is 180. The molecule has 0 spiro atoms. The van der Waals surface area contributed by atoms with Crippen molar-refractivity contribution >= 4 is 5.91 Å². The summed E-state index contributed by atoms with van der Waals surface area (Å²) in [6.45, 7) is 5.17. The van der Waals surface area contributed by atoms with E-state index in [2.05, 4.69) is 19.2 Å². The normalized spacial score (nSPS) is 10.6. The molecule has 2 heteroatoms. The van der Waals surface area contributed by atoms with Crippen LogP contribution in [0.2, 0.25) is 0 Å². The first-order chi connectivity index (χ1) is 8.81. The SMILES string of the molecule is CCCCCCCCCCCCC(=O)NCCC. The van der Waals surface area contributed by atoms with E-state index in [9.17, 15) is 4.79 Å². The third-order valence-corrected chi connectivity index (χ3v) is 3.33. The lowest BCUT2D eigenvalue weighted by Gasteiger charge is -2.04. The minimum absolute atomic E-state index is 0.233. The van der Waals surface area contributed by atoms with Gasteiger partial charge >= 0.3 is 0 Å². The summed E-state index contributed by atoms with van der Waals surface area (Å²) >= 11 is 0. The quantitative estimate of drug-likeness (QED) is 0.469. The largest absolute Gasteiger partial charge is 0.356 e. The van der Waals surface area contributed by atoms with Gasteiger partial charge in [-0.3, -0.25) is 4.79 Å². The molecule has 108 valence electrons. The van der Waals surface area contributed by atoms with Crippen molar-refractivity contribution in [3.05, 3.63) is 0 Å². The van der Waals surface area contributed by atoms with Crippen LogP contribution < -0.4 is 5.32 Å². The van der Waals surface area contributed by atoms with Gasteiger partial charge in [0, 0.05) is 13.0 Å². The Balaban J connectivity index is 3.04. The van der Waals surface area contributed by atoms with Crippen molar-refractivity contribution < 1.29 is 4.79 Å². The maximum absolute atomic E-state index is 11.3. The summed E-state index contributed by atoms with van der Waals surface area (Å²) in [5.74, 6) is 0.233. The number of unbranched alkanes of at least 4 members (excludes halogenated alkanes) is 9. The Labute approximate surface area is 114 Å². The lowest BCUT2D eigenvalue weighted by molar-refractivity contribution is -0.121. The molecular formula is C16H33NO. The molecule has 0 aromatic heterocycles. The van der Waals surface area contributed by atoms with Crippen LogP contribution in [0.3, 0.4) is 0 Å². The summed E-state index contributed by atoms with van der Waals surface area (Å²) in [4.78, 5) is 11.3. The maximum Gasteiger partial charge on any atom is 0.219 e. The lowest BCUT2D eigenvalue weighted by atomic mass is 10.1. The number of hydrogen-bond acceptors (Lipinski definition) is 1. The highest BCUT2D eigenvalue weighted by atomic mass is 16.1. The summed E-state index contributed by atoms with van der Waals surface area (Å²) in [6, 6.07) is 0. The molecule has 0 heterocycles. The number of carbonyl (C=O) groups is 1. The molecule has 0 aliphatic rings. The fraction of sp³-hybridized carbons (Fsp3) is 0.938. The minimum atomic E-state index is 0.233. The van der Waals surface area contributed by atoms with Crippen molar-refractivity contribution in [1.82, 2.24) is 5.32 Å². The predicted octanol–water partition coefficient (Wildman–Crippen LogP) is 4.82. The first-order valence-corrected chi connectivity index (χ1v) is 8.08. The smallest absolute Gasteiger partial charge is 0.219 e. The van der Waals surface area contributed by atoms with Gasteiger partial charge in [-0.05, 0) is 12.8 Å². The van der Waals surface area contributed by atoms with Crippen LogP contribution in [-0.4, -0.2) is 12.5 Å². The first-order valence-electron chi connectivity index (χ1n) is 8.08. The van der Waals surface area contributed by atoms with Gasteiger partial charge in [0.15, 0.2) is 0 Å². The van der Waals surface area contributed by atoms with E-state index < -0.39 is 0 Å². The molecule has 0 unspecified atom stereocenters. The number of amides is 1. The lowest BCUT2D eigenvalue weighted by Crippen LogP contribution is -2.23. The van der Waals surface area contributed by atoms with E-state index in [4.69, 9.17) is 0 Å². The van der Waals surface area contributed by atoms with Crippen molar-refractivity contribution in [2.75, 3.05) is 6.54 Å². The van der Waals surface area contributed by atoms with Gasteiger partial charge in [-0.1, -0.05) is 71.6 Å². The molecule has 0 aromatic carbocycles. The number of carbonyl (C=O) groups excluding carboxylic acids is 1. The molecule has 18 heavy (non-hydrogen) atoms. The Kier molecular flexibility index (Phi) is 14.1. The highest BCUT2D eigenvalue weighted by Gasteiger charge is 1.99. The van der Waals surface area contributed by atoms with Crippen LogP contribution in [0.4, 0.5) is 0 Å². The second-order valence-electron chi connectivity index (χ2n) is 5.28. The fourth-order valence-corrected chi connectivity index (χ4v) is 2.13. The average Bonchev–Trinajstić information content (AvgIpc) is 2.38. The minimum Gasteiger partial charge on any atom is -0.356 e. The van der Waals surface area contributed by atoms with Gasteiger partial charge in [-0.2, -0.15) is 0 Å². The summed E-state index contributed by atoms with van der Waals surface area (Å²) in [5.41, 5.74) is 0. The number of rotatable bonds is 13. The Hall–Kier alpha value is -0.530. The van der Waals surface area contributed by atoms with E-state index in [0.29, 0.717) is 0 Å². The number of nitrogens with one attached hydrogen (secondary N) is 1. The molecule has 0 rings (SSSR count). The Morgan fingerprint density at radius 1 is 0.722 bits per heavy atom. The fourth-order valence-electron chi connectivity index (χ4n) is 2.13. The van der Waals surface area contributed by atoms with Gasteiger partial charge in [0.2, 0.25) is 5.91 Å². The van der Waals surface area contributed by atoms with Gasteiger partial charge in [0.05, 0.1) is 0 Å². The van der Waals surface area contributed by atoms with Gasteiger partial charge in [0.25, 0.3) is 0 Å². The summed E-state index contributed by atoms with van der Waals surface area (Å²) in [5, 5.41) is 2.92. The van der Waals surface area contributed by atoms with Gasteiger partial charge < -0.3 is 5.32 Å². The van der Waals surface area contributed by atoms with E-state index in [1.807, 2.05) is 0 Å². The van der Waals surface area contributed by atoms with Crippen LogP contribution in [0.15, 0.2) is 0 Å². The summed E-state index contributed by atoms with van der Waals surface area (Å²) < 4.78 is 0. The Morgan fingerprint density at radius 2 is 1.22 bits per heavy atom. The molecule has 1 N–H and O–H groups in total. The molecule has 0 aromatic rings. The Morgan fingerprint density at radius 3 is 1.72 bits per heavy atom. The van der Waals surface area contributed by atoms with Crippen molar-refractivity contribution in [1.29, 1.82) is 0 Å². The third kappa shape index (κ3) is 13.5. The molecule has 0 aliphatic carbocycles. The molecule has 0 saturated heterocycles. The van der Waals surface area contributed by atoms with Crippen molar-refractivity contribution in [3.63, 3.8) is 0 Å². The summed E-state index contributed by atoms with van der Waals surface area (Å²) in [6.07, 6.45) is 15.0. The second-order valence-corrected chi connectivity index (χ2v) is 5.28. The molecular weight excluding hydrogens is 222 g/mol. The molecule has 2 nitrogen and oxygen atoms in total. The van der Waals surface area contributed by atoms with Gasteiger partial charge in [0.1, 0.15) is 0 Å². The van der Waals surface area contributed by atoms with E-state index in [0.717, 1.165) is 25.8 Å². The average molecular weight is 255 g/mol. The van der Waals surface area contributed by atoms with Crippen LogP contribution in [0.1, 0.15) is 90.9 Å². The van der Waals surface area contributed by atoms with Crippen LogP contribution >= 0.6 is 0 Å². The van der Waals surface area contributed by atoms with E-state index in [1.165, 1.54) is 57.8 Å². The third-order valence-electron chi connectivity index (χ3n) is 3.33. The van der Waals surface area contributed by atoms with Crippen LogP contribution in [0, 0.1) is 0 Å². The molecule has 0 fully saturated rings. The number of hydrogen-bond donors (Lipinski definition) is 1. The van der Waals surface area contributed by atoms with Crippen molar-refractivity contribution in [2.45, 2.75) is 90.9 Å². The van der Waals surface area contributed by atoms with Gasteiger partial charge in [-0.15, -0.1) is 0 Å². The van der Waals surface area contributed by atoms with E-state index in [1.54, 1.807) is 0 Å². The van der Waals surface area contributed by atoms with Crippen LogP contribution in [0.25, 0.3) is 0 Å². The van der Waals surface area contributed by atoms with Crippen LogP contribution in [-0.2, 0) is 4.79 Å². The maximum atomic E-state index is 11.3. The highest BCUT2D eigenvalue weighted by Crippen LogP contribution is 2.11. The van der Waals surface area contributed by atoms with E-state index >= 15 is 0 Å². The highest BCUT2D eigenvalue weighted by molar-refractivity contribution is 5.75. The predicted molar refractivity (Wildman–Crippen MR) is 79.8 cm³/mol. The first kappa shape index (κ1) is 17.5. The molecule has 0 aliphatic heterocycles. The topological polar surface area (TPSA) is 29.1 Å². The second kappa shape index (κ2) is 14.5. The van der Waals surface area contributed by atoms with Crippen molar-refractivity contribution in [2.24, 2.45) is 0 Å². The molecule has 0 atom stereocenters. The van der Waals surface area contributed by atoms with Gasteiger partial charge in [-0.25, -0.2) is 0 Å². The van der Waals surface area contributed by atoms with Crippen molar-refractivity contribution in [3.8, 4) is 0 Å². The molecule has 0 radical (unpaired) electrons. The standard InChI is InChI=1S/C16H33NO/c1-3-5-6-7-8-9-10-11-12-13-14-16(18)17-15-4-2/h3-15H2,1-2H3,(H,17,18). The zero-order valence-electron chi connectivity index (χ0n) is 12.6. The van der Waals surface area contributed by atoms with Crippen LogP contribution in [0.5, 0.6) is 0 Å². The zero-order valence-corrected chi connectivity index (χ0v) is 12.6. The molecule has 1 amide bonds.